The van der Waals surface area contributed by atoms with Gasteiger partial charge in [0, 0.05) is 12.2 Å². The molecule has 1 atom stereocenters. The molecule has 3 aliphatic heterocycles. The van der Waals surface area contributed by atoms with Crippen LogP contribution < -0.4 is 0 Å². The van der Waals surface area contributed by atoms with Crippen LogP contribution in [0.2, 0.25) is 0 Å². The van der Waals surface area contributed by atoms with E-state index in [0.717, 1.165) is 0 Å². The third-order valence-electron chi connectivity index (χ3n) is 6.08. The third kappa shape index (κ3) is 2.30. The SMILES string of the molecule is c1ccc2c(c1)CCN1C3=C(CCCC3)C3(CC21)SCCCS3. The molecule has 0 aromatic heterocycles. The fraction of sp³-hybridized carbons (Fsp3) is 0.600. The summed E-state index contributed by atoms with van der Waals surface area (Å²) in [5.41, 5.74) is 6.83. The quantitative estimate of drug-likeness (QED) is 0.622. The monoisotopic (exact) mass is 343 g/mol. The standard InChI is InChI=1S/C20H25NS2/c1-2-7-16-15(6-1)10-11-21-18-9-4-3-8-17(18)20(14-19(16)21)22-12-5-13-23-20/h1-2,6-7,19H,3-5,8-14H2. The van der Waals surface area contributed by atoms with Crippen molar-refractivity contribution in [2.45, 2.75) is 55.1 Å². The Morgan fingerprint density at radius 1 is 0.957 bits per heavy atom. The van der Waals surface area contributed by atoms with E-state index in [9.17, 15) is 0 Å². The highest BCUT2D eigenvalue weighted by Gasteiger charge is 2.48. The molecule has 1 saturated heterocycles. The first-order valence-electron chi connectivity index (χ1n) is 9.22. The summed E-state index contributed by atoms with van der Waals surface area (Å²) in [6.07, 6.45) is 9.46. The lowest BCUT2D eigenvalue weighted by atomic mass is 9.80. The average Bonchev–Trinajstić information content (AvgIpc) is 2.63. The van der Waals surface area contributed by atoms with Crippen molar-refractivity contribution in [3.05, 3.63) is 46.7 Å². The summed E-state index contributed by atoms with van der Waals surface area (Å²) in [7, 11) is 0. The smallest absolute Gasteiger partial charge is 0.0862 e. The number of benzene rings is 1. The number of hydrogen-bond acceptors (Lipinski definition) is 3. The molecule has 3 heteroatoms. The molecule has 5 rings (SSSR count). The molecule has 0 radical (unpaired) electrons. The molecule has 4 aliphatic rings. The van der Waals surface area contributed by atoms with E-state index in [1.807, 2.05) is 5.57 Å². The first-order chi connectivity index (χ1) is 11.4. The van der Waals surface area contributed by atoms with Crippen LogP contribution in [0.3, 0.4) is 0 Å². The number of nitrogens with zero attached hydrogens (tertiary/aromatic N) is 1. The van der Waals surface area contributed by atoms with Gasteiger partial charge < -0.3 is 4.90 Å². The lowest BCUT2D eigenvalue weighted by Crippen LogP contribution is -2.47. The van der Waals surface area contributed by atoms with Gasteiger partial charge in [-0.05, 0) is 73.2 Å². The van der Waals surface area contributed by atoms with Gasteiger partial charge in [-0.2, -0.15) is 0 Å². The Bertz CT molecular complexity index is 645. The number of fused-ring (bicyclic) bond motifs is 5. The predicted octanol–water partition coefficient (Wildman–Crippen LogP) is 5.38. The van der Waals surface area contributed by atoms with Crippen molar-refractivity contribution in [3.8, 4) is 0 Å². The fourth-order valence-corrected chi connectivity index (χ4v) is 8.65. The van der Waals surface area contributed by atoms with E-state index in [1.165, 1.54) is 63.0 Å². The van der Waals surface area contributed by atoms with Crippen LogP contribution in [0.1, 0.15) is 55.7 Å². The predicted molar refractivity (Wildman–Crippen MR) is 102 cm³/mol. The molecule has 23 heavy (non-hydrogen) atoms. The zero-order chi connectivity index (χ0) is 15.3. The van der Waals surface area contributed by atoms with Crippen LogP contribution in [-0.4, -0.2) is 27.0 Å². The van der Waals surface area contributed by atoms with Gasteiger partial charge in [0.1, 0.15) is 0 Å². The van der Waals surface area contributed by atoms with Gasteiger partial charge in [-0.15, -0.1) is 23.5 Å². The van der Waals surface area contributed by atoms with Crippen LogP contribution in [0.25, 0.3) is 0 Å². The topological polar surface area (TPSA) is 3.24 Å². The summed E-state index contributed by atoms with van der Waals surface area (Å²) in [5, 5.41) is 0. The molecule has 3 heterocycles. The third-order valence-corrected chi connectivity index (χ3v) is 9.53. The first-order valence-corrected chi connectivity index (χ1v) is 11.2. The Labute approximate surface area is 148 Å². The molecule has 1 fully saturated rings. The summed E-state index contributed by atoms with van der Waals surface area (Å²) in [5.74, 6) is 2.72. The van der Waals surface area contributed by atoms with Crippen molar-refractivity contribution in [2.24, 2.45) is 0 Å². The van der Waals surface area contributed by atoms with E-state index in [-0.39, 0.29) is 0 Å². The van der Waals surface area contributed by atoms with Gasteiger partial charge in [-0.1, -0.05) is 24.3 Å². The number of rotatable bonds is 0. The summed E-state index contributed by atoms with van der Waals surface area (Å²) >= 11 is 4.56. The van der Waals surface area contributed by atoms with Crippen molar-refractivity contribution in [1.82, 2.24) is 4.90 Å². The second kappa shape index (κ2) is 5.77. The number of hydrogen-bond donors (Lipinski definition) is 0. The molecule has 1 aromatic rings. The molecule has 1 spiro atoms. The van der Waals surface area contributed by atoms with Crippen molar-refractivity contribution in [2.75, 3.05) is 18.1 Å². The van der Waals surface area contributed by atoms with Gasteiger partial charge in [0.25, 0.3) is 0 Å². The highest BCUT2D eigenvalue weighted by Crippen LogP contribution is 2.60. The highest BCUT2D eigenvalue weighted by atomic mass is 32.2. The van der Waals surface area contributed by atoms with Crippen LogP contribution in [0.4, 0.5) is 0 Å². The van der Waals surface area contributed by atoms with E-state index in [1.54, 1.807) is 16.8 Å². The van der Waals surface area contributed by atoms with Crippen molar-refractivity contribution in [1.29, 1.82) is 0 Å². The van der Waals surface area contributed by atoms with E-state index in [2.05, 4.69) is 52.7 Å². The molecule has 1 unspecified atom stereocenters. The minimum Gasteiger partial charge on any atom is -0.367 e. The van der Waals surface area contributed by atoms with E-state index < -0.39 is 0 Å². The second-order valence-corrected chi connectivity index (χ2v) is 10.3. The van der Waals surface area contributed by atoms with E-state index >= 15 is 0 Å². The minimum absolute atomic E-state index is 0.402. The molecular formula is C20H25NS2. The Hall–Kier alpha value is -0.540. The Morgan fingerprint density at radius 3 is 2.70 bits per heavy atom. The van der Waals surface area contributed by atoms with Crippen LogP contribution in [0, 0.1) is 0 Å². The van der Waals surface area contributed by atoms with Crippen molar-refractivity contribution >= 4 is 23.5 Å². The normalized spacial score (nSPS) is 29.0. The van der Waals surface area contributed by atoms with Gasteiger partial charge >= 0.3 is 0 Å². The molecule has 1 nitrogen and oxygen atoms in total. The number of allylic oxidation sites excluding steroid dienone is 1. The fourth-order valence-electron chi connectivity index (χ4n) is 5.06. The Morgan fingerprint density at radius 2 is 1.78 bits per heavy atom. The zero-order valence-electron chi connectivity index (χ0n) is 13.7. The summed E-state index contributed by atoms with van der Waals surface area (Å²) in [4.78, 5) is 2.82. The molecule has 1 aliphatic carbocycles. The summed E-state index contributed by atoms with van der Waals surface area (Å²) in [6, 6.07) is 9.89. The Balaban J connectivity index is 1.63. The van der Waals surface area contributed by atoms with E-state index in [0.29, 0.717) is 10.1 Å². The lowest BCUT2D eigenvalue weighted by Gasteiger charge is -2.54. The lowest BCUT2D eigenvalue weighted by molar-refractivity contribution is 0.191. The van der Waals surface area contributed by atoms with Crippen molar-refractivity contribution < 1.29 is 0 Å². The molecule has 0 amide bonds. The largest absolute Gasteiger partial charge is 0.367 e. The Kier molecular flexibility index (Phi) is 3.71. The first kappa shape index (κ1) is 14.8. The molecular weight excluding hydrogens is 318 g/mol. The maximum absolute atomic E-state index is 2.82. The van der Waals surface area contributed by atoms with Gasteiger partial charge in [-0.3, -0.25) is 0 Å². The average molecular weight is 344 g/mol. The zero-order valence-corrected chi connectivity index (χ0v) is 15.4. The maximum Gasteiger partial charge on any atom is 0.0862 e. The van der Waals surface area contributed by atoms with Crippen molar-refractivity contribution in [3.63, 3.8) is 0 Å². The van der Waals surface area contributed by atoms with Crippen LogP contribution >= 0.6 is 23.5 Å². The van der Waals surface area contributed by atoms with Crippen LogP contribution in [0.5, 0.6) is 0 Å². The minimum atomic E-state index is 0.402. The highest BCUT2D eigenvalue weighted by molar-refractivity contribution is 8.19. The van der Waals surface area contributed by atoms with E-state index in [4.69, 9.17) is 0 Å². The van der Waals surface area contributed by atoms with Gasteiger partial charge in [-0.25, -0.2) is 0 Å². The molecule has 122 valence electrons. The van der Waals surface area contributed by atoms with Crippen LogP contribution in [0.15, 0.2) is 35.5 Å². The summed E-state index contributed by atoms with van der Waals surface area (Å²) < 4.78 is 0.402. The second-order valence-electron chi connectivity index (χ2n) is 7.30. The molecule has 1 aromatic carbocycles. The van der Waals surface area contributed by atoms with Crippen LogP contribution in [-0.2, 0) is 6.42 Å². The van der Waals surface area contributed by atoms with Gasteiger partial charge in [0.15, 0.2) is 0 Å². The number of thioether (sulfide) groups is 2. The molecule has 0 N–H and O–H groups in total. The summed E-state index contributed by atoms with van der Waals surface area (Å²) in [6.45, 7) is 1.24. The molecule has 0 saturated carbocycles. The van der Waals surface area contributed by atoms with Gasteiger partial charge in [0.05, 0.1) is 10.1 Å². The maximum atomic E-state index is 2.82. The molecule has 0 bridgehead atoms. The van der Waals surface area contributed by atoms with Gasteiger partial charge in [0.2, 0.25) is 0 Å².